The van der Waals surface area contributed by atoms with Gasteiger partial charge in [-0.3, -0.25) is 4.84 Å². The highest BCUT2D eigenvalue weighted by atomic mass is 32.1. The number of hydrogen-bond acceptors (Lipinski definition) is 4. The molecule has 0 aliphatic carbocycles. The van der Waals surface area contributed by atoms with Crippen LogP contribution in [0.2, 0.25) is 0 Å². The molecule has 0 bridgehead atoms. The van der Waals surface area contributed by atoms with Gasteiger partial charge in [-0.15, -0.1) is 11.3 Å². The van der Waals surface area contributed by atoms with E-state index < -0.39 is 0 Å². The molecule has 5 heteroatoms. The van der Waals surface area contributed by atoms with Crippen molar-refractivity contribution in [3.05, 3.63) is 41.2 Å². The molecule has 0 amide bonds. The summed E-state index contributed by atoms with van der Waals surface area (Å²) in [6, 6.07) is 6.53. The standard InChI is InChI=1S/C10H9FN2OS/c11-9-4-2-1-3-8(9)10-13-7(5-14-12)6-15-10/h1-4,6H,5,12H2. The van der Waals surface area contributed by atoms with Gasteiger partial charge in [0.2, 0.25) is 0 Å². The highest BCUT2D eigenvalue weighted by Gasteiger charge is 2.08. The van der Waals surface area contributed by atoms with Crippen LogP contribution in [0.25, 0.3) is 10.6 Å². The van der Waals surface area contributed by atoms with Gasteiger partial charge in [0, 0.05) is 10.9 Å². The summed E-state index contributed by atoms with van der Waals surface area (Å²) in [6.07, 6.45) is 0. The van der Waals surface area contributed by atoms with E-state index in [0.29, 0.717) is 16.3 Å². The van der Waals surface area contributed by atoms with Gasteiger partial charge in [0.25, 0.3) is 0 Å². The zero-order valence-electron chi connectivity index (χ0n) is 7.81. The smallest absolute Gasteiger partial charge is 0.133 e. The van der Waals surface area contributed by atoms with Crippen molar-refractivity contribution in [2.75, 3.05) is 0 Å². The normalized spacial score (nSPS) is 10.5. The Bertz CT molecular complexity index is 458. The van der Waals surface area contributed by atoms with E-state index in [4.69, 9.17) is 5.90 Å². The Labute approximate surface area is 90.3 Å². The van der Waals surface area contributed by atoms with E-state index in [2.05, 4.69) is 9.82 Å². The molecular formula is C10H9FN2OS. The van der Waals surface area contributed by atoms with E-state index in [-0.39, 0.29) is 12.4 Å². The van der Waals surface area contributed by atoms with Gasteiger partial charge in [0.05, 0.1) is 5.69 Å². The first-order valence-corrected chi connectivity index (χ1v) is 5.20. The molecule has 0 spiro atoms. The van der Waals surface area contributed by atoms with E-state index in [1.807, 2.05) is 0 Å². The maximum Gasteiger partial charge on any atom is 0.133 e. The summed E-state index contributed by atoms with van der Waals surface area (Å²) in [6.45, 7) is 0.241. The monoisotopic (exact) mass is 224 g/mol. The summed E-state index contributed by atoms with van der Waals surface area (Å²) in [5.74, 6) is 4.66. The molecule has 2 aromatic rings. The summed E-state index contributed by atoms with van der Waals surface area (Å²) in [7, 11) is 0. The predicted molar refractivity (Wildman–Crippen MR) is 56.5 cm³/mol. The molecule has 0 radical (unpaired) electrons. The number of benzene rings is 1. The van der Waals surface area contributed by atoms with E-state index in [1.54, 1.807) is 23.6 Å². The number of halogens is 1. The van der Waals surface area contributed by atoms with Gasteiger partial charge in [-0.25, -0.2) is 15.3 Å². The topological polar surface area (TPSA) is 48.1 Å². The summed E-state index contributed by atoms with van der Waals surface area (Å²) in [4.78, 5) is 8.66. The third-order valence-corrected chi connectivity index (χ3v) is 2.81. The molecule has 0 fully saturated rings. The molecule has 15 heavy (non-hydrogen) atoms. The molecule has 1 aromatic carbocycles. The van der Waals surface area contributed by atoms with Crippen LogP contribution in [0, 0.1) is 5.82 Å². The van der Waals surface area contributed by atoms with Gasteiger partial charge in [0.1, 0.15) is 17.4 Å². The first kappa shape index (κ1) is 10.2. The second-order valence-corrected chi connectivity index (χ2v) is 3.79. The fourth-order valence-electron chi connectivity index (χ4n) is 1.22. The first-order valence-electron chi connectivity index (χ1n) is 4.32. The molecule has 1 aromatic heterocycles. The van der Waals surface area contributed by atoms with Crippen LogP contribution in [0.1, 0.15) is 5.69 Å². The fourth-order valence-corrected chi connectivity index (χ4v) is 2.05. The third-order valence-electron chi connectivity index (χ3n) is 1.89. The number of aromatic nitrogens is 1. The lowest BCUT2D eigenvalue weighted by Crippen LogP contribution is -1.98. The van der Waals surface area contributed by atoms with Crippen molar-refractivity contribution in [2.24, 2.45) is 5.90 Å². The lowest BCUT2D eigenvalue weighted by molar-refractivity contribution is 0.122. The van der Waals surface area contributed by atoms with E-state index in [9.17, 15) is 4.39 Å². The maximum absolute atomic E-state index is 13.4. The molecule has 2 rings (SSSR count). The summed E-state index contributed by atoms with van der Waals surface area (Å²) < 4.78 is 13.4. The Hall–Kier alpha value is -1.30. The highest BCUT2D eigenvalue weighted by Crippen LogP contribution is 2.25. The molecule has 0 saturated heterocycles. The van der Waals surface area contributed by atoms with Crippen molar-refractivity contribution >= 4 is 11.3 Å². The summed E-state index contributed by atoms with van der Waals surface area (Å²) in [5, 5.41) is 2.44. The van der Waals surface area contributed by atoms with Crippen LogP contribution < -0.4 is 5.90 Å². The molecule has 0 saturated carbocycles. The second-order valence-electron chi connectivity index (χ2n) is 2.93. The van der Waals surface area contributed by atoms with Gasteiger partial charge in [-0.1, -0.05) is 12.1 Å². The molecule has 0 unspecified atom stereocenters. The number of nitrogens with zero attached hydrogens (tertiary/aromatic N) is 1. The minimum atomic E-state index is -0.271. The fraction of sp³-hybridized carbons (Fsp3) is 0.100. The molecule has 1 heterocycles. The Morgan fingerprint density at radius 2 is 2.20 bits per heavy atom. The molecule has 2 N–H and O–H groups in total. The number of rotatable bonds is 3. The van der Waals surface area contributed by atoms with Crippen LogP contribution in [0.3, 0.4) is 0 Å². The van der Waals surface area contributed by atoms with Crippen LogP contribution in [0.15, 0.2) is 29.6 Å². The first-order chi connectivity index (χ1) is 7.31. The molecule has 78 valence electrons. The molecule has 0 aliphatic heterocycles. The minimum absolute atomic E-state index is 0.241. The van der Waals surface area contributed by atoms with Gasteiger partial charge in [-0.2, -0.15) is 0 Å². The van der Waals surface area contributed by atoms with Crippen LogP contribution in [-0.4, -0.2) is 4.98 Å². The van der Waals surface area contributed by atoms with Crippen molar-refractivity contribution in [3.8, 4) is 10.6 Å². The lowest BCUT2D eigenvalue weighted by Gasteiger charge is -1.97. The zero-order valence-corrected chi connectivity index (χ0v) is 8.63. The SMILES string of the molecule is NOCc1csc(-c2ccccc2F)n1. The average Bonchev–Trinajstić information content (AvgIpc) is 2.68. The van der Waals surface area contributed by atoms with Gasteiger partial charge in [0.15, 0.2) is 0 Å². The minimum Gasteiger partial charge on any atom is -0.298 e. The van der Waals surface area contributed by atoms with Crippen molar-refractivity contribution in [1.82, 2.24) is 4.98 Å². The van der Waals surface area contributed by atoms with Gasteiger partial charge >= 0.3 is 0 Å². The quantitative estimate of drug-likeness (QED) is 0.814. The van der Waals surface area contributed by atoms with E-state index in [0.717, 1.165) is 0 Å². The van der Waals surface area contributed by atoms with Crippen molar-refractivity contribution in [3.63, 3.8) is 0 Å². The maximum atomic E-state index is 13.4. The van der Waals surface area contributed by atoms with Crippen LogP contribution >= 0.6 is 11.3 Å². The summed E-state index contributed by atoms with van der Waals surface area (Å²) in [5.41, 5.74) is 1.21. The van der Waals surface area contributed by atoms with Crippen molar-refractivity contribution < 1.29 is 9.23 Å². The second kappa shape index (κ2) is 4.48. The molecule has 3 nitrogen and oxygen atoms in total. The predicted octanol–water partition coefficient (Wildman–Crippen LogP) is 2.34. The summed E-state index contributed by atoms with van der Waals surface area (Å²) >= 11 is 1.37. The number of nitrogens with two attached hydrogens (primary N) is 1. The van der Waals surface area contributed by atoms with Gasteiger partial charge in [-0.05, 0) is 12.1 Å². The van der Waals surface area contributed by atoms with Crippen LogP contribution in [0.4, 0.5) is 4.39 Å². The van der Waals surface area contributed by atoms with Crippen molar-refractivity contribution in [2.45, 2.75) is 6.61 Å². The van der Waals surface area contributed by atoms with Crippen molar-refractivity contribution in [1.29, 1.82) is 0 Å². The Balaban J connectivity index is 2.33. The molecule has 0 atom stereocenters. The number of hydrogen-bond donors (Lipinski definition) is 1. The zero-order chi connectivity index (χ0) is 10.7. The lowest BCUT2D eigenvalue weighted by atomic mass is 10.2. The number of thiazole rings is 1. The third kappa shape index (κ3) is 2.20. The van der Waals surface area contributed by atoms with Gasteiger partial charge < -0.3 is 0 Å². The molecule has 0 aliphatic rings. The highest BCUT2D eigenvalue weighted by molar-refractivity contribution is 7.13. The Kier molecular flexibility index (Phi) is 3.05. The van der Waals surface area contributed by atoms with E-state index in [1.165, 1.54) is 17.4 Å². The van der Waals surface area contributed by atoms with Crippen LogP contribution in [0.5, 0.6) is 0 Å². The average molecular weight is 224 g/mol. The Morgan fingerprint density at radius 3 is 2.93 bits per heavy atom. The largest absolute Gasteiger partial charge is 0.298 e. The van der Waals surface area contributed by atoms with Crippen LogP contribution in [-0.2, 0) is 11.4 Å². The molecular weight excluding hydrogens is 215 g/mol. The van der Waals surface area contributed by atoms with E-state index >= 15 is 0 Å². The Morgan fingerprint density at radius 1 is 1.40 bits per heavy atom.